The van der Waals surface area contributed by atoms with Crippen LogP contribution >= 0.6 is 0 Å². The van der Waals surface area contributed by atoms with Gasteiger partial charge in [-0.2, -0.15) is 13.5 Å². The number of amides is 3. The van der Waals surface area contributed by atoms with E-state index in [4.69, 9.17) is 4.55 Å². The minimum absolute atomic E-state index is 0.0248. The molecule has 0 aromatic carbocycles. The van der Waals surface area contributed by atoms with Gasteiger partial charge in [-0.15, -0.1) is 4.28 Å². The first-order chi connectivity index (χ1) is 10.8. The van der Waals surface area contributed by atoms with Crippen molar-refractivity contribution in [3.63, 3.8) is 0 Å². The molecule has 0 saturated carbocycles. The largest absolute Gasteiger partial charge is 0.418 e. The van der Waals surface area contributed by atoms with Gasteiger partial charge in [-0.25, -0.2) is 17.5 Å². The molecule has 138 valence electrons. The van der Waals surface area contributed by atoms with Gasteiger partial charge in [0.05, 0.1) is 10.8 Å². The summed E-state index contributed by atoms with van der Waals surface area (Å²) < 4.78 is 59.1. The molecule has 13 heteroatoms. The number of hydrogen-bond acceptors (Lipinski definition) is 7. The molecule has 0 aliphatic carbocycles. The Morgan fingerprint density at radius 2 is 1.83 bits per heavy atom. The molecule has 0 spiro atoms. The molecule has 2 heterocycles. The van der Waals surface area contributed by atoms with Gasteiger partial charge in [-0.05, 0) is 33.6 Å². The van der Waals surface area contributed by atoms with E-state index >= 15 is 0 Å². The highest BCUT2D eigenvalue weighted by Crippen LogP contribution is 2.34. The molecule has 11 nitrogen and oxygen atoms in total. The Labute approximate surface area is 140 Å². The predicted octanol–water partition coefficient (Wildman–Crippen LogP) is -0.466. The Balaban J connectivity index is 2.32. The Bertz CT molecular complexity index is 742. The monoisotopic (exact) mass is 385 g/mol. The molecule has 0 aromatic rings. The summed E-state index contributed by atoms with van der Waals surface area (Å²) in [6.45, 7) is 4.24. The smallest absolute Gasteiger partial charge is 0.299 e. The Kier molecular flexibility index (Phi) is 4.58. The van der Waals surface area contributed by atoms with E-state index in [1.807, 2.05) is 0 Å². The van der Waals surface area contributed by atoms with Crippen LogP contribution in [0.15, 0.2) is 0 Å². The van der Waals surface area contributed by atoms with Crippen LogP contribution in [-0.4, -0.2) is 71.6 Å². The summed E-state index contributed by atoms with van der Waals surface area (Å²) >= 11 is 0. The van der Waals surface area contributed by atoms with E-state index in [2.05, 4.69) is 4.28 Å². The van der Waals surface area contributed by atoms with E-state index < -0.39 is 43.4 Å². The molecule has 2 saturated heterocycles. The van der Waals surface area contributed by atoms with E-state index in [1.165, 1.54) is 20.8 Å². The van der Waals surface area contributed by atoms with Crippen LogP contribution in [0.5, 0.6) is 0 Å². The second-order valence-corrected chi connectivity index (χ2v) is 10.1. The van der Waals surface area contributed by atoms with E-state index in [9.17, 15) is 26.4 Å². The lowest BCUT2D eigenvalue weighted by Gasteiger charge is -2.38. The topological polar surface area (TPSA) is 142 Å². The highest BCUT2D eigenvalue weighted by Gasteiger charge is 2.51. The Morgan fingerprint density at radius 3 is 2.29 bits per heavy atom. The highest BCUT2D eigenvalue weighted by atomic mass is 32.3. The van der Waals surface area contributed by atoms with Crippen LogP contribution < -0.4 is 0 Å². The highest BCUT2D eigenvalue weighted by molar-refractivity contribution is 7.90. The van der Waals surface area contributed by atoms with Crippen LogP contribution in [-0.2, 0) is 29.5 Å². The lowest BCUT2D eigenvalue weighted by Crippen LogP contribution is -2.56. The fraction of sp³-hybridized carbons (Fsp3) is 0.818. The van der Waals surface area contributed by atoms with E-state index in [1.54, 1.807) is 0 Å². The number of carbonyl (C=O) groups is 2. The van der Waals surface area contributed by atoms with Crippen LogP contribution in [0.2, 0.25) is 0 Å². The molecule has 0 aromatic heterocycles. The van der Waals surface area contributed by atoms with Crippen LogP contribution in [0, 0.1) is 0 Å². The molecule has 2 aliphatic rings. The number of fused-ring (bicyclic) bond motifs is 2. The summed E-state index contributed by atoms with van der Waals surface area (Å²) in [6.07, 6.45) is -0.613. The van der Waals surface area contributed by atoms with Gasteiger partial charge in [-0.3, -0.25) is 14.2 Å². The summed E-state index contributed by atoms with van der Waals surface area (Å²) in [5.74, 6) is 0. The van der Waals surface area contributed by atoms with Gasteiger partial charge in [0, 0.05) is 6.54 Å². The molecule has 24 heavy (non-hydrogen) atoms. The zero-order valence-electron chi connectivity index (χ0n) is 13.3. The zero-order valence-corrected chi connectivity index (χ0v) is 14.9. The number of rotatable bonds is 5. The predicted molar refractivity (Wildman–Crippen MR) is 80.0 cm³/mol. The van der Waals surface area contributed by atoms with Gasteiger partial charge < -0.3 is 0 Å². The summed E-state index contributed by atoms with van der Waals surface area (Å²) in [7, 11) is -8.94. The van der Waals surface area contributed by atoms with Crippen molar-refractivity contribution in [3.05, 3.63) is 0 Å². The van der Waals surface area contributed by atoms with Gasteiger partial charge in [0.15, 0.2) is 0 Å². The van der Waals surface area contributed by atoms with Crippen LogP contribution in [0.25, 0.3) is 0 Å². The SMILES string of the molecule is CC(C)(C)S(=O)(=O)N(C=O)[C@H]1CC[C@@H]2CN1C(=O)N2OS(=O)(=O)O. The van der Waals surface area contributed by atoms with Crippen molar-refractivity contribution in [1.82, 2.24) is 14.3 Å². The van der Waals surface area contributed by atoms with Crippen molar-refractivity contribution >= 4 is 32.9 Å². The van der Waals surface area contributed by atoms with Crippen LogP contribution in [0.1, 0.15) is 33.6 Å². The third-order valence-corrected chi connectivity index (χ3v) is 6.70. The lowest BCUT2D eigenvalue weighted by atomic mass is 10.1. The van der Waals surface area contributed by atoms with Crippen LogP contribution in [0.4, 0.5) is 4.79 Å². The van der Waals surface area contributed by atoms with Crippen molar-refractivity contribution in [2.24, 2.45) is 0 Å². The summed E-state index contributed by atoms with van der Waals surface area (Å²) in [5.41, 5.74) is 0. The maximum absolute atomic E-state index is 12.6. The van der Waals surface area contributed by atoms with Gasteiger partial charge in [-0.1, -0.05) is 0 Å². The average molecular weight is 385 g/mol. The zero-order chi connectivity index (χ0) is 18.5. The molecule has 2 aliphatic heterocycles. The fourth-order valence-corrected chi connectivity index (χ4v) is 4.35. The van der Waals surface area contributed by atoms with Gasteiger partial charge in [0.1, 0.15) is 6.17 Å². The number of urea groups is 1. The minimum atomic E-state index is -4.90. The number of sulfonamides is 1. The van der Waals surface area contributed by atoms with E-state index in [-0.39, 0.29) is 25.8 Å². The number of nitrogens with zero attached hydrogens (tertiary/aromatic N) is 3. The number of hydroxylamine groups is 2. The van der Waals surface area contributed by atoms with Crippen molar-refractivity contribution in [2.45, 2.75) is 50.6 Å². The van der Waals surface area contributed by atoms with Crippen molar-refractivity contribution in [1.29, 1.82) is 0 Å². The maximum Gasteiger partial charge on any atom is 0.418 e. The normalized spacial score (nSPS) is 25.1. The molecule has 0 radical (unpaired) electrons. The van der Waals surface area contributed by atoms with E-state index in [0.29, 0.717) is 9.37 Å². The molecular weight excluding hydrogens is 366 g/mol. The van der Waals surface area contributed by atoms with Gasteiger partial charge in [0.25, 0.3) is 0 Å². The molecule has 1 N–H and O–H groups in total. The minimum Gasteiger partial charge on any atom is -0.299 e. The Hall–Kier alpha value is -1.44. The summed E-state index contributed by atoms with van der Waals surface area (Å²) in [5, 5.41) is 0.488. The molecular formula is C11H19N3O8S2. The second kappa shape index (κ2) is 5.82. The first kappa shape index (κ1) is 18.9. The molecule has 2 bridgehead atoms. The van der Waals surface area contributed by atoms with Crippen LogP contribution in [0.3, 0.4) is 0 Å². The average Bonchev–Trinajstić information content (AvgIpc) is 2.64. The maximum atomic E-state index is 12.6. The lowest BCUT2D eigenvalue weighted by molar-refractivity contribution is -0.117. The van der Waals surface area contributed by atoms with Crippen molar-refractivity contribution < 1.29 is 35.3 Å². The number of hydrogen-bond donors (Lipinski definition) is 1. The molecule has 3 amide bonds. The molecule has 2 atom stereocenters. The third-order valence-electron chi connectivity index (χ3n) is 3.91. The summed E-state index contributed by atoms with van der Waals surface area (Å²) in [6, 6.07) is -1.60. The van der Waals surface area contributed by atoms with Gasteiger partial charge >= 0.3 is 16.4 Å². The van der Waals surface area contributed by atoms with Crippen molar-refractivity contribution in [2.75, 3.05) is 6.54 Å². The second-order valence-electron chi connectivity index (χ2n) is 6.53. The first-order valence-electron chi connectivity index (χ1n) is 7.05. The quantitative estimate of drug-likeness (QED) is 0.495. The third kappa shape index (κ3) is 3.20. The van der Waals surface area contributed by atoms with Crippen molar-refractivity contribution in [3.8, 4) is 0 Å². The number of piperidine rings is 1. The fourth-order valence-electron chi connectivity index (χ4n) is 2.68. The first-order valence-corrected chi connectivity index (χ1v) is 9.85. The van der Waals surface area contributed by atoms with Gasteiger partial charge in [0.2, 0.25) is 16.4 Å². The summed E-state index contributed by atoms with van der Waals surface area (Å²) in [4.78, 5) is 24.7. The standard InChI is InChI=1S/C11H19N3O8S2/c1-11(2,3)23(17,18)13(7-15)9-5-4-8-6-12(9)10(16)14(8)22-24(19,20)21/h7-9H,4-6H2,1-3H3,(H,19,20,21)/t8-,9+/m1/s1. The Morgan fingerprint density at radius 1 is 1.25 bits per heavy atom. The number of carbonyl (C=O) groups excluding carboxylic acids is 2. The molecule has 2 fully saturated rings. The molecule has 2 rings (SSSR count). The van der Waals surface area contributed by atoms with E-state index in [0.717, 1.165) is 4.90 Å². The molecule has 0 unspecified atom stereocenters.